The average molecular weight is 219 g/mol. The van der Waals surface area contributed by atoms with Crippen LogP contribution >= 0.6 is 0 Å². The van der Waals surface area contributed by atoms with Gasteiger partial charge in [0.05, 0.1) is 7.11 Å². The maximum Gasteiger partial charge on any atom is 0.240 e. The van der Waals surface area contributed by atoms with E-state index in [1.54, 1.807) is 0 Å². The highest BCUT2D eigenvalue weighted by Crippen LogP contribution is 2.24. The first-order valence-electron chi connectivity index (χ1n) is 4.41. The molecule has 0 bridgehead atoms. The first-order chi connectivity index (χ1) is 7.04. The third-order valence-corrected chi connectivity index (χ3v) is 2.04. The van der Waals surface area contributed by atoms with Crippen LogP contribution in [0.5, 0.6) is 5.75 Å². The second kappa shape index (κ2) is 5.02. The van der Waals surface area contributed by atoms with E-state index >= 15 is 0 Å². The van der Waals surface area contributed by atoms with E-state index in [2.05, 4.69) is 0 Å². The predicted molar refractivity (Wildman–Crippen MR) is 50.5 cm³/mol. The number of nitrogens with two attached hydrogens (primary N) is 1. The molecule has 0 heterocycles. The van der Waals surface area contributed by atoms with Crippen molar-refractivity contribution in [3.8, 4) is 5.75 Å². The Morgan fingerprint density at radius 2 is 2.07 bits per heavy atom. The number of halogens is 3. The van der Waals surface area contributed by atoms with Gasteiger partial charge >= 0.3 is 0 Å². The molecule has 0 unspecified atom stereocenters. The lowest BCUT2D eigenvalue weighted by molar-refractivity contribution is 0.128. The molecule has 1 rings (SSSR count). The summed E-state index contributed by atoms with van der Waals surface area (Å²) in [7, 11) is 1.40. The van der Waals surface area contributed by atoms with Gasteiger partial charge in [0.25, 0.3) is 0 Å². The van der Waals surface area contributed by atoms with E-state index in [4.69, 9.17) is 10.5 Å². The van der Waals surface area contributed by atoms with Gasteiger partial charge in [-0.05, 0) is 6.07 Å². The summed E-state index contributed by atoms with van der Waals surface area (Å²) in [6.45, 7) is 0. The molecule has 0 saturated carbocycles. The Labute approximate surface area is 85.8 Å². The monoisotopic (exact) mass is 219 g/mol. The number of alkyl halides is 2. The average Bonchev–Trinajstić information content (AvgIpc) is 2.16. The van der Waals surface area contributed by atoms with Crippen LogP contribution in [0.1, 0.15) is 18.0 Å². The van der Waals surface area contributed by atoms with Crippen molar-refractivity contribution < 1.29 is 17.9 Å². The number of ether oxygens (including phenoxy) is 1. The van der Waals surface area contributed by atoms with E-state index in [0.717, 1.165) is 6.07 Å². The molecule has 0 radical (unpaired) electrons. The summed E-state index contributed by atoms with van der Waals surface area (Å²) in [6.07, 6.45) is -3.09. The second-order valence-corrected chi connectivity index (χ2v) is 3.12. The Kier molecular flexibility index (Phi) is 3.96. The fourth-order valence-corrected chi connectivity index (χ4v) is 1.25. The van der Waals surface area contributed by atoms with Gasteiger partial charge in [-0.3, -0.25) is 0 Å². The molecule has 1 atom stereocenters. The highest BCUT2D eigenvalue weighted by atomic mass is 19.3. The van der Waals surface area contributed by atoms with Gasteiger partial charge in [0.1, 0.15) is 11.6 Å². The molecule has 84 valence electrons. The zero-order valence-corrected chi connectivity index (χ0v) is 8.21. The molecule has 1 aromatic carbocycles. The van der Waals surface area contributed by atoms with Crippen LogP contribution in [0.4, 0.5) is 13.2 Å². The number of benzene rings is 1. The van der Waals surface area contributed by atoms with Crippen LogP contribution < -0.4 is 10.5 Å². The summed E-state index contributed by atoms with van der Waals surface area (Å²) in [6, 6.07) is 2.99. The second-order valence-electron chi connectivity index (χ2n) is 3.12. The van der Waals surface area contributed by atoms with Gasteiger partial charge in [-0.15, -0.1) is 0 Å². The zero-order chi connectivity index (χ0) is 11.4. The van der Waals surface area contributed by atoms with Crippen molar-refractivity contribution >= 4 is 0 Å². The molecule has 0 fully saturated rings. The third kappa shape index (κ3) is 3.13. The minimum Gasteiger partial charge on any atom is -0.497 e. The van der Waals surface area contributed by atoms with Crippen LogP contribution in [0.15, 0.2) is 18.2 Å². The lowest BCUT2D eigenvalue weighted by Gasteiger charge is -2.12. The molecular formula is C10H12F3NO. The fraction of sp³-hybridized carbons (Fsp3) is 0.400. The van der Waals surface area contributed by atoms with E-state index in [1.165, 1.54) is 19.2 Å². The van der Waals surface area contributed by atoms with Gasteiger partial charge in [0, 0.05) is 24.1 Å². The Morgan fingerprint density at radius 1 is 1.40 bits per heavy atom. The molecule has 0 aliphatic carbocycles. The van der Waals surface area contributed by atoms with Gasteiger partial charge in [0.2, 0.25) is 6.43 Å². The standard InChI is InChI=1S/C10H12F3NO/c1-15-6-2-3-7(8(11)4-6)9(14)5-10(12)13/h2-4,9-10H,5,14H2,1H3/t9-/m0/s1. The number of rotatable bonds is 4. The van der Waals surface area contributed by atoms with E-state index in [-0.39, 0.29) is 5.56 Å². The van der Waals surface area contributed by atoms with Crippen LogP contribution in [0.25, 0.3) is 0 Å². The summed E-state index contributed by atoms with van der Waals surface area (Å²) in [4.78, 5) is 0. The van der Waals surface area contributed by atoms with Crippen LogP contribution in [-0.4, -0.2) is 13.5 Å². The molecule has 2 N–H and O–H groups in total. The maximum atomic E-state index is 13.3. The molecular weight excluding hydrogens is 207 g/mol. The minimum atomic E-state index is -2.54. The number of hydrogen-bond donors (Lipinski definition) is 1. The molecule has 0 aliphatic rings. The van der Waals surface area contributed by atoms with Crippen molar-refractivity contribution in [1.29, 1.82) is 0 Å². The van der Waals surface area contributed by atoms with Crippen molar-refractivity contribution in [2.75, 3.05) is 7.11 Å². The Balaban J connectivity index is 2.85. The van der Waals surface area contributed by atoms with Crippen LogP contribution in [0, 0.1) is 5.82 Å². The summed E-state index contributed by atoms with van der Waals surface area (Å²) in [5.41, 5.74) is 5.51. The molecule has 0 amide bonds. The highest BCUT2D eigenvalue weighted by Gasteiger charge is 2.16. The van der Waals surface area contributed by atoms with Gasteiger partial charge in [0.15, 0.2) is 0 Å². The van der Waals surface area contributed by atoms with E-state index in [1.807, 2.05) is 0 Å². The fourth-order valence-electron chi connectivity index (χ4n) is 1.25. The first-order valence-corrected chi connectivity index (χ1v) is 4.41. The Hall–Kier alpha value is -1.23. The molecule has 5 heteroatoms. The van der Waals surface area contributed by atoms with Crippen molar-refractivity contribution in [2.45, 2.75) is 18.9 Å². The van der Waals surface area contributed by atoms with Crippen molar-refractivity contribution in [3.05, 3.63) is 29.6 Å². The van der Waals surface area contributed by atoms with Crippen molar-refractivity contribution in [3.63, 3.8) is 0 Å². The Morgan fingerprint density at radius 3 is 2.53 bits per heavy atom. The topological polar surface area (TPSA) is 35.2 Å². The highest BCUT2D eigenvalue weighted by molar-refractivity contribution is 5.30. The first kappa shape index (κ1) is 11.8. The summed E-state index contributed by atoms with van der Waals surface area (Å²) < 4.78 is 42.2. The number of hydrogen-bond acceptors (Lipinski definition) is 2. The summed E-state index contributed by atoms with van der Waals surface area (Å²) >= 11 is 0. The molecule has 2 nitrogen and oxygen atoms in total. The largest absolute Gasteiger partial charge is 0.497 e. The van der Waals surface area contributed by atoms with Crippen LogP contribution in [-0.2, 0) is 0 Å². The van der Waals surface area contributed by atoms with Crippen LogP contribution in [0.2, 0.25) is 0 Å². The van der Waals surface area contributed by atoms with E-state index in [0.29, 0.717) is 5.75 Å². The third-order valence-electron chi connectivity index (χ3n) is 2.04. The smallest absolute Gasteiger partial charge is 0.240 e. The van der Waals surface area contributed by atoms with E-state index in [9.17, 15) is 13.2 Å². The summed E-state index contributed by atoms with van der Waals surface area (Å²) in [5.74, 6) is -0.289. The normalized spacial score (nSPS) is 12.9. The molecule has 1 aromatic rings. The minimum absolute atomic E-state index is 0.0797. The van der Waals surface area contributed by atoms with Gasteiger partial charge < -0.3 is 10.5 Å². The Bertz CT molecular complexity index is 330. The zero-order valence-electron chi connectivity index (χ0n) is 8.21. The van der Waals surface area contributed by atoms with Gasteiger partial charge in [-0.1, -0.05) is 6.07 Å². The lowest BCUT2D eigenvalue weighted by Crippen LogP contribution is -2.15. The number of methoxy groups -OCH3 is 1. The van der Waals surface area contributed by atoms with Crippen molar-refractivity contribution in [2.24, 2.45) is 5.73 Å². The molecule has 15 heavy (non-hydrogen) atoms. The quantitative estimate of drug-likeness (QED) is 0.844. The maximum absolute atomic E-state index is 13.3. The predicted octanol–water partition coefficient (Wildman–Crippen LogP) is 2.49. The SMILES string of the molecule is COc1ccc([C@@H](N)CC(F)F)c(F)c1. The molecule has 0 aliphatic heterocycles. The lowest BCUT2D eigenvalue weighted by atomic mass is 10.0. The van der Waals surface area contributed by atoms with Gasteiger partial charge in [-0.25, -0.2) is 13.2 Å². The molecule has 0 spiro atoms. The summed E-state index contributed by atoms with van der Waals surface area (Å²) in [5, 5.41) is 0. The van der Waals surface area contributed by atoms with Crippen LogP contribution in [0.3, 0.4) is 0 Å². The molecule has 0 saturated heterocycles. The molecule has 0 aromatic heterocycles. The van der Waals surface area contributed by atoms with E-state index < -0.39 is 24.7 Å². The van der Waals surface area contributed by atoms with Gasteiger partial charge in [-0.2, -0.15) is 0 Å². The van der Waals surface area contributed by atoms with Crippen molar-refractivity contribution in [1.82, 2.24) is 0 Å².